The number of rotatable bonds is 2. The Morgan fingerprint density at radius 3 is 2.60 bits per heavy atom. The summed E-state index contributed by atoms with van der Waals surface area (Å²) in [6.45, 7) is 1.47. The number of carbonyl (C=O) groups is 1. The van der Waals surface area contributed by atoms with E-state index in [1.807, 2.05) is 7.05 Å². The summed E-state index contributed by atoms with van der Waals surface area (Å²) in [6.07, 6.45) is 1.00. The minimum Gasteiger partial charge on any atom is -0.453 e. The van der Waals surface area contributed by atoms with Gasteiger partial charge in [-0.3, -0.25) is 0 Å². The molecule has 7 heteroatoms. The number of halogens is 4. The predicted molar refractivity (Wildman–Crippen MR) is 61.3 cm³/mol. The Morgan fingerprint density at radius 1 is 1.25 bits per heavy atom. The van der Waals surface area contributed by atoms with E-state index >= 15 is 0 Å². The van der Waals surface area contributed by atoms with Gasteiger partial charge >= 0.3 is 5.97 Å². The molecule has 2 atom stereocenters. The van der Waals surface area contributed by atoms with Crippen LogP contribution in [0.25, 0.3) is 0 Å². The van der Waals surface area contributed by atoms with Crippen molar-refractivity contribution in [2.24, 2.45) is 0 Å². The van der Waals surface area contributed by atoms with Crippen LogP contribution in [0.5, 0.6) is 0 Å². The van der Waals surface area contributed by atoms with E-state index in [9.17, 15) is 22.4 Å². The highest BCUT2D eigenvalue weighted by atomic mass is 19.2. The number of hydrogen-bond donors (Lipinski definition) is 1. The Labute approximate surface area is 113 Å². The number of hydrogen-bond acceptors (Lipinski definition) is 2. The third kappa shape index (κ3) is 2.92. The summed E-state index contributed by atoms with van der Waals surface area (Å²) < 4.78 is 57.3. The third-order valence-electron chi connectivity index (χ3n) is 3.30. The largest absolute Gasteiger partial charge is 0.453 e. The van der Waals surface area contributed by atoms with Gasteiger partial charge in [0, 0.05) is 6.42 Å². The molecule has 1 aliphatic heterocycles. The molecule has 1 fully saturated rings. The average Bonchev–Trinajstić information content (AvgIpc) is 2.40. The van der Waals surface area contributed by atoms with Crippen molar-refractivity contribution in [3.63, 3.8) is 0 Å². The molecule has 0 spiro atoms. The van der Waals surface area contributed by atoms with Crippen LogP contribution in [0.4, 0.5) is 17.6 Å². The van der Waals surface area contributed by atoms with E-state index < -0.39 is 40.9 Å². The molecule has 1 heterocycles. The summed E-state index contributed by atoms with van der Waals surface area (Å²) in [5.74, 6) is -8.49. The second kappa shape index (κ2) is 5.78. The van der Waals surface area contributed by atoms with Crippen molar-refractivity contribution in [2.45, 2.75) is 18.9 Å². The highest BCUT2D eigenvalue weighted by Crippen LogP contribution is 2.20. The van der Waals surface area contributed by atoms with Crippen LogP contribution in [0.3, 0.4) is 0 Å². The number of benzene rings is 1. The van der Waals surface area contributed by atoms with E-state index in [2.05, 4.69) is 0 Å². The van der Waals surface area contributed by atoms with Crippen LogP contribution in [-0.2, 0) is 4.74 Å². The number of likely N-dealkylation sites (tertiary alicyclic amines) is 1. The van der Waals surface area contributed by atoms with Crippen molar-refractivity contribution >= 4 is 5.97 Å². The van der Waals surface area contributed by atoms with Crippen LogP contribution in [-0.4, -0.2) is 32.2 Å². The predicted octanol–water partition coefficient (Wildman–Crippen LogP) is 1.08. The first kappa shape index (κ1) is 14.8. The smallest absolute Gasteiger partial charge is 0.341 e. The van der Waals surface area contributed by atoms with E-state index in [0.717, 1.165) is 17.9 Å². The van der Waals surface area contributed by atoms with E-state index in [1.165, 1.54) is 0 Å². The monoisotopic (exact) mass is 292 g/mol. The molecular formula is C13H14F4NO2+. The van der Waals surface area contributed by atoms with Gasteiger partial charge in [-0.05, 0) is 12.5 Å². The highest BCUT2D eigenvalue weighted by Gasteiger charge is 2.28. The Kier molecular flexibility index (Phi) is 4.27. The maximum Gasteiger partial charge on any atom is 0.341 e. The highest BCUT2D eigenvalue weighted by molar-refractivity contribution is 5.89. The maximum absolute atomic E-state index is 13.4. The molecule has 0 aromatic heterocycles. The lowest BCUT2D eigenvalue weighted by Gasteiger charge is -2.26. The molecule has 0 saturated carbocycles. The summed E-state index contributed by atoms with van der Waals surface area (Å²) >= 11 is 0. The van der Waals surface area contributed by atoms with Gasteiger partial charge in [0.1, 0.15) is 12.1 Å². The van der Waals surface area contributed by atoms with Gasteiger partial charge in [0.05, 0.1) is 13.6 Å². The molecular weight excluding hydrogens is 278 g/mol. The number of nitrogens with one attached hydrogen (secondary N) is 1. The fourth-order valence-corrected chi connectivity index (χ4v) is 2.26. The second-order valence-corrected chi connectivity index (χ2v) is 4.93. The minimum absolute atomic E-state index is 0.315. The Morgan fingerprint density at radius 2 is 1.95 bits per heavy atom. The topological polar surface area (TPSA) is 30.7 Å². The van der Waals surface area contributed by atoms with E-state index in [0.29, 0.717) is 19.0 Å². The number of esters is 1. The first-order chi connectivity index (χ1) is 9.40. The first-order valence-corrected chi connectivity index (χ1v) is 6.25. The summed E-state index contributed by atoms with van der Waals surface area (Å²) in [6, 6.07) is 0.315. The number of ether oxygens (including phenoxy) is 1. The van der Waals surface area contributed by atoms with E-state index in [4.69, 9.17) is 4.74 Å². The first-order valence-electron chi connectivity index (χ1n) is 6.25. The summed E-state index contributed by atoms with van der Waals surface area (Å²) in [5.41, 5.74) is -0.926. The van der Waals surface area contributed by atoms with Crippen LogP contribution in [0, 0.1) is 23.3 Å². The lowest BCUT2D eigenvalue weighted by atomic mass is 10.1. The van der Waals surface area contributed by atoms with Gasteiger partial charge < -0.3 is 9.64 Å². The zero-order valence-corrected chi connectivity index (χ0v) is 10.8. The number of likely N-dealkylation sites (N-methyl/N-ethyl adjacent to an activating group) is 1. The lowest BCUT2D eigenvalue weighted by molar-refractivity contribution is -0.888. The molecule has 110 valence electrons. The van der Waals surface area contributed by atoms with Gasteiger partial charge in [0.15, 0.2) is 29.4 Å². The third-order valence-corrected chi connectivity index (χ3v) is 3.30. The van der Waals surface area contributed by atoms with Crippen molar-refractivity contribution < 1.29 is 32.0 Å². The number of quaternary nitrogens is 1. The molecule has 1 aromatic carbocycles. The molecule has 20 heavy (non-hydrogen) atoms. The normalized spacial score (nSPS) is 22.6. The molecule has 1 unspecified atom stereocenters. The van der Waals surface area contributed by atoms with Gasteiger partial charge in [-0.25, -0.2) is 22.4 Å². The van der Waals surface area contributed by atoms with Crippen molar-refractivity contribution in [1.82, 2.24) is 0 Å². The SMILES string of the molecule is C[NH+]1CCC[C@@H](OC(=O)c2cc(F)c(F)c(F)c2F)C1. The molecule has 0 amide bonds. The van der Waals surface area contributed by atoms with E-state index in [-0.39, 0.29) is 0 Å². The fraction of sp³-hybridized carbons (Fsp3) is 0.462. The average molecular weight is 292 g/mol. The molecule has 0 bridgehead atoms. The van der Waals surface area contributed by atoms with Gasteiger partial charge in [-0.1, -0.05) is 0 Å². The Balaban J connectivity index is 2.17. The summed E-state index contributed by atoms with van der Waals surface area (Å²) in [5, 5.41) is 0. The van der Waals surface area contributed by atoms with Gasteiger partial charge in [0.2, 0.25) is 0 Å². The summed E-state index contributed by atoms with van der Waals surface area (Å²) in [7, 11) is 1.91. The molecule has 3 nitrogen and oxygen atoms in total. The van der Waals surface area contributed by atoms with Crippen molar-refractivity contribution in [2.75, 3.05) is 20.1 Å². The molecule has 1 aliphatic rings. The zero-order chi connectivity index (χ0) is 14.9. The fourth-order valence-electron chi connectivity index (χ4n) is 2.26. The second-order valence-electron chi connectivity index (χ2n) is 4.93. The van der Waals surface area contributed by atoms with Crippen LogP contribution < -0.4 is 4.90 Å². The molecule has 1 saturated heterocycles. The van der Waals surface area contributed by atoms with Gasteiger partial charge in [-0.2, -0.15) is 0 Å². The quantitative estimate of drug-likeness (QED) is 0.383. The van der Waals surface area contributed by atoms with Crippen molar-refractivity contribution in [1.29, 1.82) is 0 Å². The number of piperidine rings is 1. The zero-order valence-electron chi connectivity index (χ0n) is 10.8. The van der Waals surface area contributed by atoms with Gasteiger partial charge in [-0.15, -0.1) is 0 Å². The molecule has 2 rings (SSSR count). The minimum atomic E-state index is -2.01. The Hall–Kier alpha value is -1.63. The van der Waals surface area contributed by atoms with Crippen LogP contribution in [0.2, 0.25) is 0 Å². The van der Waals surface area contributed by atoms with Crippen molar-refractivity contribution in [3.8, 4) is 0 Å². The lowest BCUT2D eigenvalue weighted by Crippen LogP contribution is -3.11. The van der Waals surface area contributed by atoms with E-state index in [1.54, 1.807) is 0 Å². The van der Waals surface area contributed by atoms with Crippen molar-refractivity contribution in [3.05, 3.63) is 34.9 Å². The standard InChI is InChI=1S/C13H13F4NO2/c1-18-4-2-3-7(6-18)20-13(19)8-5-9(14)11(16)12(17)10(8)15/h5,7H,2-4,6H2,1H3/p+1/t7-/m1/s1. The molecule has 0 aliphatic carbocycles. The maximum atomic E-state index is 13.4. The molecule has 1 aromatic rings. The summed E-state index contributed by atoms with van der Waals surface area (Å²) in [4.78, 5) is 12.9. The van der Waals surface area contributed by atoms with Crippen LogP contribution in [0.1, 0.15) is 23.2 Å². The number of carbonyl (C=O) groups excluding carboxylic acids is 1. The Bertz CT molecular complexity index is 536. The van der Waals surface area contributed by atoms with Crippen LogP contribution in [0.15, 0.2) is 6.07 Å². The molecule has 0 radical (unpaired) electrons. The molecule has 1 N–H and O–H groups in total. The van der Waals surface area contributed by atoms with Crippen LogP contribution >= 0.6 is 0 Å². The van der Waals surface area contributed by atoms with Gasteiger partial charge in [0.25, 0.3) is 0 Å².